The van der Waals surface area contributed by atoms with E-state index in [2.05, 4.69) is 19.1 Å². The van der Waals surface area contributed by atoms with Gasteiger partial charge in [0, 0.05) is 5.69 Å². The molecule has 0 bridgehead atoms. The van der Waals surface area contributed by atoms with Crippen LogP contribution >= 0.6 is 0 Å². The standard InChI is InChI=1S/C18H21NO2/c1-11-7-13(3)16(14(4)8-11)10-21-18(20)15-6-5-12(2)17(19)9-15/h5-9H,10,19H2,1-4H3. The molecule has 3 heteroatoms. The number of esters is 1. The Morgan fingerprint density at radius 2 is 1.62 bits per heavy atom. The maximum absolute atomic E-state index is 12.1. The van der Waals surface area contributed by atoms with Crippen LogP contribution in [-0.4, -0.2) is 5.97 Å². The van der Waals surface area contributed by atoms with Gasteiger partial charge < -0.3 is 10.5 Å². The minimum absolute atomic E-state index is 0.282. The van der Waals surface area contributed by atoms with Crippen LogP contribution in [0, 0.1) is 27.7 Å². The molecule has 0 aromatic heterocycles. The molecular weight excluding hydrogens is 262 g/mol. The summed E-state index contributed by atoms with van der Waals surface area (Å²) in [5.74, 6) is -0.346. The summed E-state index contributed by atoms with van der Waals surface area (Å²) in [6.45, 7) is 8.32. The molecule has 0 amide bonds. The second-order valence-corrected chi connectivity index (χ2v) is 5.52. The van der Waals surface area contributed by atoms with Crippen LogP contribution in [0.15, 0.2) is 30.3 Å². The summed E-state index contributed by atoms with van der Waals surface area (Å²) < 4.78 is 5.42. The molecule has 0 aliphatic carbocycles. The van der Waals surface area contributed by atoms with Crippen molar-refractivity contribution in [3.05, 3.63) is 63.7 Å². The van der Waals surface area contributed by atoms with E-state index in [1.165, 1.54) is 5.56 Å². The Morgan fingerprint density at radius 1 is 1.00 bits per heavy atom. The van der Waals surface area contributed by atoms with Crippen molar-refractivity contribution in [1.82, 2.24) is 0 Å². The zero-order chi connectivity index (χ0) is 15.6. The molecule has 21 heavy (non-hydrogen) atoms. The minimum atomic E-state index is -0.346. The maximum atomic E-state index is 12.1. The summed E-state index contributed by atoms with van der Waals surface area (Å²) in [6.07, 6.45) is 0. The number of hydrogen-bond acceptors (Lipinski definition) is 3. The molecule has 2 N–H and O–H groups in total. The van der Waals surface area contributed by atoms with Crippen LogP contribution in [0.4, 0.5) is 5.69 Å². The smallest absolute Gasteiger partial charge is 0.338 e. The van der Waals surface area contributed by atoms with E-state index in [1.807, 2.05) is 26.8 Å². The van der Waals surface area contributed by atoms with Crippen LogP contribution in [0.3, 0.4) is 0 Å². The van der Waals surface area contributed by atoms with Gasteiger partial charge in [-0.1, -0.05) is 23.8 Å². The lowest BCUT2D eigenvalue weighted by Crippen LogP contribution is -2.08. The van der Waals surface area contributed by atoms with Gasteiger partial charge in [0.15, 0.2) is 0 Å². The first-order valence-electron chi connectivity index (χ1n) is 6.98. The Balaban J connectivity index is 2.13. The predicted octanol–water partition coefficient (Wildman–Crippen LogP) is 3.86. The zero-order valence-electron chi connectivity index (χ0n) is 13.0. The number of nitrogens with two attached hydrogens (primary N) is 1. The molecule has 0 fully saturated rings. The fourth-order valence-corrected chi connectivity index (χ4v) is 2.43. The Morgan fingerprint density at radius 3 is 2.19 bits per heavy atom. The lowest BCUT2D eigenvalue weighted by molar-refractivity contribution is 0.0471. The van der Waals surface area contributed by atoms with Crippen LogP contribution in [0.25, 0.3) is 0 Å². The third-order valence-electron chi connectivity index (χ3n) is 3.70. The van der Waals surface area contributed by atoms with E-state index in [-0.39, 0.29) is 12.6 Å². The van der Waals surface area contributed by atoms with Crippen molar-refractivity contribution in [1.29, 1.82) is 0 Å². The molecule has 0 atom stereocenters. The van der Waals surface area contributed by atoms with Crippen molar-refractivity contribution in [2.75, 3.05) is 5.73 Å². The largest absolute Gasteiger partial charge is 0.457 e. The average molecular weight is 283 g/mol. The summed E-state index contributed by atoms with van der Waals surface area (Å²) in [4.78, 5) is 12.1. The average Bonchev–Trinajstić information content (AvgIpc) is 2.40. The highest BCUT2D eigenvalue weighted by Gasteiger charge is 2.11. The van der Waals surface area contributed by atoms with Gasteiger partial charge in [-0.15, -0.1) is 0 Å². The van der Waals surface area contributed by atoms with Crippen LogP contribution in [0.5, 0.6) is 0 Å². The molecule has 2 rings (SSSR count). The maximum Gasteiger partial charge on any atom is 0.338 e. The first-order valence-corrected chi connectivity index (χ1v) is 6.98. The molecule has 0 aliphatic rings. The van der Waals surface area contributed by atoms with Crippen LogP contribution in [0.2, 0.25) is 0 Å². The third-order valence-corrected chi connectivity index (χ3v) is 3.70. The molecule has 110 valence electrons. The van der Waals surface area contributed by atoms with E-state index in [9.17, 15) is 4.79 Å². The number of nitrogen functional groups attached to an aromatic ring is 1. The minimum Gasteiger partial charge on any atom is -0.457 e. The van der Waals surface area contributed by atoms with Crippen molar-refractivity contribution in [3.63, 3.8) is 0 Å². The molecule has 2 aromatic carbocycles. The van der Waals surface area contributed by atoms with E-state index < -0.39 is 0 Å². The third kappa shape index (κ3) is 3.43. The summed E-state index contributed by atoms with van der Waals surface area (Å²) in [5, 5.41) is 0. The van der Waals surface area contributed by atoms with Gasteiger partial charge in [0.05, 0.1) is 5.56 Å². The van der Waals surface area contributed by atoms with Gasteiger partial charge in [0.2, 0.25) is 0 Å². The molecule has 0 spiro atoms. The number of carbonyl (C=O) groups is 1. The van der Waals surface area contributed by atoms with Crippen molar-refractivity contribution in [2.45, 2.75) is 34.3 Å². The summed E-state index contributed by atoms with van der Waals surface area (Å²) in [7, 11) is 0. The van der Waals surface area contributed by atoms with Crippen LogP contribution < -0.4 is 5.73 Å². The number of benzene rings is 2. The van der Waals surface area contributed by atoms with Gasteiger partial charge in [0.25, 0.3) is 0 Å². The monoisotopic (exact) mass is 283 g/mol. The van der Waals surface area contributed by atoms with E-state index in [0.29, 0.717) is 11.3 Å². The van der Waals surface area contributed by atoms with E-state index in [1.54, 1.807) is 12.1 Å². The summed E-state index contributed by atoms with van der Waals surface area (Å²) in [6, 6.07) is 9.42. The van der Waals surface area contributed by atoms with Crippen LogP contribution in [0.1, 0.15) is 38.2 Å². The first-order chi connectivity index (χ1) is 9.88. The summed E-state index contributed by atoms with van der Waals surface area (Å²) >= 11 is 0. The second-order valence-electron chi connectivity index (χ2n) is 5.52. The van der Waals surface area contributed by atoms with Crippen LogP contribution in [-0.2, 0) is 11.3 Å². The topological polar surface area (TPSA) is 52.3 Å². The molecule has 3 nitrogen and oxygen atoms in total. The quantitative estimate of drug-likeness (QED) is 0.687. The number of carbonyl (C=O) groups excluding carboxylic acids is 1. The number of aryl methyl sites for hydroxylation is 4. The lowest BCUT2D eigenvalue weighted by atomic mass is 10.0. The highest BCUT2D eigenvalue weighted by atomic mass is 16.5. The predicted molar refractivity (Wildman–Crippen MR) is 85.4 cm³/mol. The fraction of sp³-hybridized carbons (Fsp3) is 0.278. The molecule has 0 saturated heterocycles. The normalized spacial score (nSPS) is 10.5. The molecule has 2 aromatic rings. The van der Waals surface area contributed by atoms with Gasteiger partial charge in [-0.2, -0.15) is 0 Å². The van der Waals surface area contributed by atoms with Crippen molar-refractivity contribution >= 4 is 11.7 Å². The first kappa shape index (κ1) is 15.1. The Kier molecular flexibility index (Phi) is 4.32. The Hall–Kier alpha value is -2.29. The van der Waals surface area contributed by atoms with Crippen molar-refractivity contribution < 1.29 is 9.53 Å². The second kappa shape index (κ2) is 6.00. The van der Waals surface area contributed by atoms with Gasteiger partial charge in [-0.25, -0.2) is 4.79 Å². The van der Waals surface area contributed by atoms with Gasteiger partial charge in [0.1, 0.15) is 6.61 Å². The molecule has 0 aliphatic heterocycles. The van der Waals surface area contributed by atoms with Gasteiger partial charge >= 0.3 is 5.97 Å². The number of ether oxygens (including phenoxy) is 1. The number of hydrogen-bond donors (Lipinski definition) is 1. The summed E-state index contributed by atoms with van der Waals surface area (Å²) in [5.41, 5.74) is 12.4. The highest BCUT2D eigenvalue weighted by molar-refractivity contribution is 5.90. The molecule has 0 heterocycles. The van der Waals surface area contributed by atoms with E-state index in [0.717, 1.165) is 22.3 Å². The zero-order valence-corrected chi connectivity index (χ0v) is 13.0. The molecule has 0 radical (unpaired) electrons. The Bertz CT molecular complexity index is 667. The SMILES string of the molecule is Cc1cc(C)c(COC(=O)c2ccc(C)c(N)c2)c(C)c1. The fourth-order valence-electron chi connectivity index (χ4n) is 2.43. The van der Waals surface area contributed by atoms with Crippen molar-refractivity contribution in [3.8, 4) is 0 Å². The molecule has 0 unspecified atom stereocenters. The van der Waals surface area contributed by atoms with Gasteiger partial charge in [-0.3, -0.25) is 0 Å². The van der Waals surface area contributed by atoms with Gasteiger partial charge in [-0.05, 0) is 62.1 Å². The lowest BCUT2D eigenvalue weighted by Gasteiger charge is -2.12. The highest BCUT2D eigenvalue weighted by Crippen LogP contribution is 2.19. The Labute approximate surface area is 125 Å². The number of rotatable bonds is 3. The van der Waals surface area contributed by atoms with Crippen molar-refractivity contribution in [2.24, 2.45) is 0 Å². The van der Waals surface area contributed by atoms with E-state index >= 15 is 0 Å². The number of anilines is 1. The molecule has 0 saturated carbocycles. The van der Waals surface area contributed by atoms with E-state index in [4.69, 9.17) is 10.5 Å². The molecular formula is C18H21NO2.